The quantitative estimate of drug-likeness (QED) is 0.637. The minimum Gasteiger partial charge on any atom is -0.376 e. The standard InChI is InChI=1S/C23H31FN4O2S/c1-15-6-3-4-8-20(15)25-22(29)16(2)31-23-27-26-21(17-9-11-18(24)12-10-17)28(23)14-19-7-5-13-30-19/h9-12,15-16,19-20H,3-8,13-14H2,1-2H3,(H,25,29). The highest BCUT2D eigenvalue weighted by molar-refractivity contribution is 8.00. The topological polar surface area (TPSA) is 69.0 Å². The van der Waals surface area contributed by atoms with Crippen LogP contribution in [0.1, 0.15) is 52.4 Å². The summed E-state index contributed by atoms with van der Waals surface area (Å²) >= 11 is 1.42. The number of rotatable bonds is 7. The second kappa shape index (κ2) is 10.1. The summed E-state index contributed by atoms with van der Waals surface area (Å²) in [6.45, 7) is 5.51. The summed E-state index contributed by atoms with van der Waals surface area (Å²) in [4.78, 5) is 12.9. The number of thioether (sulfide) groups is 1. The van der Waals surface area contributed by atoms with Crippen molar-refractivity contribution in [2.24, 2.45) is 5.92 Å². The van der Waals surface area contributed by atoms with Crippen molar-refractivity contribution in [1.82, 2.24) is 20.1 Å². The van der Waals surface area contributed by atoms with Crippen LogP contribution in [0.3, 0.4) is 0 Å². The van der Waals surface area contributed by atoms with Crippen LogP contribution in [0.2, 0.25) is 0 Å². The second-order valence-corrected chi connectivity index (χ2v) is 10.0. The van der Waals surface area contributed by atoms with Crippen LogP contribution >= 0.6 is 11.8 Å². The Bertz CT molecular complexity index is 882. The maximum absolute atomic E-state index is 13.4. The first-order valence-corrected chi connectivity index (χ1v) is 12.2. The van der Waals surface area contributed by atoms with Crippen molar-refractivity contribution < 1.29 is 13.9 Å². The molecule has 2 aliphatic rings. The Morgan fingerprint density at radius 2 is 2.00 bits per heavy atom. The number of hydrogen-bond acceptors (Lipinski definition) is 5. The van der Waals surface area contributed by atoms with Crippen LogP contribution in [0.25, 0.3) is 11.4 Å². The van der Waals surface area contributed by atoms with Gasteiger partial charge >= 0.3 is 0 Å². The van der Waals surface area contributed by atoms with E-state index in [0.717, 1.165) is 31.4 Å². The fraction of sp³-hybridized carbons (Fsp3) is 0.609. The zero-order chi connectivity index (χ0) is 21.8. The molecule has 1 aliphatic carbocycles. The summed E-state index contributed by atoms with van der Waals surface area (Å²) in [6.07, 6.45) is 6.77. The monoisotopic (exact) mass is 446 g/mol. The van der Waals surface area contributed by atoms with Gasteiger partial charge in [0.25, 0.3) is 0 Å². The first kappa shape index (κ1) is 22.3. The van der Waals surface area contributed by atoms with E-state index in [-0.39, 0.29) is 29.1 Å². The lowest BCUT2D eigenvalue weighted by Gasteiger charge is -2.30. The fourth-order valence-electron chi connectivity index (χ4n) is 4.39. The number of nitrogens with one attached hydrogen (secondary N) is 1. The number of amides is 1. The van der Waals surface area contributed by atoms with Gasteiger partial charge in [0.1, 0.15) is 5.82 Å². The number of halogens is 1. The van der Waals surface area contributed by atoms with Crippen LogP contribution in [0.4, 0.5) is 4.39 Å². The molecule has 1 aliphatic heterocycles. The molecule has 8 heteroatoms. The Balaban J connectivity index is 1.51. The first-order valence-electron chi connectivity index (χ1n) is 11.3. The summed E-state index contributed by atoms with van der Waals surface area (Å²) < 4.78 is 21.3. The van der Waals surface area contributed by atoms with E-state index in [9.17, 15) is 9.18 Å². The van der Waals surface area contributed by atoms with Gasteiger partial charge in [0, 0.05) is 18.2 Å². The Kier molecular flexibility index (Phi) is 7.27. The molecule has 1 saturated heterocycles. The molecular weight excluding hydrogens is 415 g/mol. The van der Waals surface area contributed by atoms with E-state index in [4.69, 9.17) is 4.74 Å². The van der Waals surface area contributed by atoms with Crippen molar-refractivity contribution >= 4 is 17.7 Å². The number of hydrogen-bond donors (Lipinski definition) is 1. The molecule has 1 amide bonds. The first-order chi connectivity index (χ1) is 15.0. The van der Waals surface area contributed by atoms with Gasteiger partial charge in [-0.3, -0.25) is 9.36 Å². The third-order valence-electron chi connectivity index (χ3n) is 6.32. The summed E-state index contributed by atoms with van der Waals surface area (Å²) in [6, 6.07) is 6.52. The van der Waals surface area contributed by atoms with Crippen LogP contribution in [0.15, 0.2) is 29.4 Å². The number of ether oxygens (including phenoxy) is 1. The highest BCUT2D eigenvalue weighted by Gasteiger charge is 2.28. The van der Waals surface area contributed by atoms with Gasteiger partial charge in [-0.25, -0.2) is 4.39 Å². The number of nitrogens with zero attached hydrogens (tertiary/aromatic N) is 3. The molecule has 31 heavy (non-hydrogen) atoms. The average molecular weight is 447 g/mol. The minimum absolute atomic E-state index is 0.0405. The van der Waals surface area contributed by atoms with E-state index < -0.39 is 0 Å². The molecule has 2 fully saturated rings. The molecule has 2 aromatic rings. The van der Waals surface area contributed by atoms with Gasteiger partial charge in [-0.15, -0.1) is 10.2 Å². The van der Waals surface area contributed by atoms with Crippen molar-refractivity contribution in [2.45, 2.75) is 81.5 Å². The second-order valence-electron chi connectivity index (χ2n) is 8.70. The molecular formula is C23H31FN4O2S. The highest BCUT2D eigenvalue weighted by atomic mass is 32.2. The lowest BCUT2D eigenvalue weighted by atomic mass is 9.86. The summed E-state index contributed by atoms with van der Waals surface area (Å²) in [5, 5.41) is 12.4. The molecule has 0 spiro atoms. The summed E-state index contributed by atoms with van der Waals surface area (Å²) in [5.41, 5.74) is 0.798. The van der Waals surface area contributed by atoms with Crippen molar-refractivity contribution in [3.8, 4) is 11.4 Å². The molecule has 6 nitrogen and oxygen atoms in total. The molecule has 1 aromatic heterocycles. The maximum atomic E-state index is 13.4. The molecule has 1 N–H and O–H groups in total. The van der Waals surface area contributed by atoms with Crippen LogP contribution in [-0.4, -0.2) is 44.7 Å². The molecule has 168 valence electrons. The average Bonchev–Trinajstić information content (AvgIpc) is 3.41. The van der Waals surface area contributed by atoms with E-state index in [2.05, 4.69) is 22.4 Å². The molecule has 1 saturated carbocycles. The van der Waals surface area contributed by atoms with E-state index >= 15 is 0 Å². The zero-order valence-electron chi connectivity index (χ0n) is 18.2. The van der Waals surface area contributed by atoms with Crippen LogP contribution in [0.5, 0.6) is 0 Å². The predicted octanol–water partition coefficient (Wildman–Crippen LogP) is 4.44. The lowest BCUT2D eigenvalue weighted by Crippen LogP contribution is -2.44. The molecule has 1 aromatic carbocycles. The predicted molar refractivity (Wildman–Crippen MR) is 119 cm³/mol. The lowest BCUT2D eigenvalue weighted by molar-refractivity contribution is -0.121. The van der Waals surface area contributed by atoms with E-state index in [1.54, 1.807) is 12.1 Å². The Morgan fingerprint density at radius 3 is 2.71 bits per heavy atom. The van der Waals surface area contributed by atoms with Crippen molar-refractivity contribution in [1.29, 1.82) is 0 Å². The van der Waals surface area contributed by atoms with Crippen LogP contribution in [-0.2, 0) is 16.1 Å². The number of benzene rings is 1. The van der Waals surface area contributed by atoms with Gasteiger partial charge in [0.15, 0.2) is 11.0 Å². The van der Waals surface area contributed by atoms with Gasteiger partial charge in [0.2, 0.25) is 5.91 Å². The zero-order valence-corrected chi connectivity index (χ0v) is 19.0. The van der Waals surface area contributed by atoms with Crippen LogP contribution < -0.4 is 5.32 Å². The summed E-state index contributed by atoms with van der Waals surface area (Å²) in [7, 11) is 0. The summed E-state index contributed by atoms with van der Waals surface area (Å²) in [5.74, 6) is 0.944. The largest absolute Gasteiger partial charge is 0.376 e. The maximum Gasteiger partial charge on any atom is 0.233 e. The Morgan fingerprint density at radius 1 is 1.23 bits per heavy atom. The van der Waals surface area contributed by atoms with Crippen LogP contribution in [0, 0.1) is 11.7 Å². The van der Waals surface area contributed by atoms with E-state index in [1.807, 2.05) is 11.5 Å². The van der Waals surface area contributed by atoms with Gasteiger partial charge in [-0.05, 0) is 62.8 Å². The molecule has 2 heterocycles. The van der Waals surface area contributed by atoms with E-state index in [0.29, 0.717) is 23.4 Å². The van der Waals surface area contributed by atoms with Crippen molar-refractivity contribution in [3.63, 3.8) is 0 Å². The van der Waals surface area contributed by atoms with Gasteiger partial charge in [-0.2, -0.15) is 0 Å². The Labute approximate surface area is 187 Å². The normalized spacial score (nSPS) is 24.8. The number of aromatic nitrogens is 3. The van der Waals surface area contributed by atoms with Gasteiger partial charge < -0.3 is 10.1 Å². The third-order valence-corrected chi connectivity index (χ3v) is 7.40. The smallest absolute Gasteiger partial charge is 0.233 e. The van der Waals surface area contributed by atoms with Gasteiger partial charge in [-0.1, -0.05) is 31.5 Å². The minimum atomic E-state index is -0.289. The van der Waals surface area contributed by atoms with Gasteiger partial charge in [0.05, 0.1) is 17.9 Å². The third kappa shape index (κ3) is 5.47. The molecule has 4 atom stereocenters. The van der Waals surface area contributed by atoms with Crippen molar-refractivity contribution in [3.05, 3.63) is 30.1 Å². The SMILES string of the molecule is CC(Sc1nnc(-c2ccc(F)cc2)n1CC1CCCO1)C(=O)NC1CCCCC1C. The van der Waals surface area contributed by atoms with Crippen molar-refractivity contribution in [2.75, 3.05) is 6.61 Å². The molecule has 4 unspecified atom stereocenters. The van der Waals surface area contributed by atoms with E-state index in [1.165, 1.54) is 43.2 Å². The highest BCUT2D eigenvalue weighted by Crippen LogP contribution is 2.30. The molecule has 0 bridgehead atoms. The fourth-order valence-corrected chi connectivity index (χ4v) is 5.25. The number of carbonyl (C=O) groups excluding carboxylic acids is 1. The molecule has 4 rings (SSSR count). The number of carbonyl (C=O) groups is 1. The Hall–Kier alpha value is -1.93. The molecule has 0 radical (unpaired) electrons.